The van der Waals surface area contributed by atoms with Crippen molar-refractivity contribution >= 4 is 5.91 Å². The van der Waals surface area contributed by atoms with Crippen LogP contribution in [0.4, 0.5) is 0 Å². The molecule has 0 spiro atoms. The van der Waals surface area contributed by atoms with Gasteiger partial charge in [0.05, 0.1) is 0 Å². The molecule has 2 rings (SSSR count). The topological polar surface area (TPSA) is 55.1 Å². The Hall–Kier alpha value is -1.25. The van der Waals surface area contributed by atoms with Crippen molar-refractivity contribution in [2.45, 2.75) is 38.1 Å². The zero-order chi connectivity index (χ0) is 10.7. The van der Waals surface area contributed by atoms with Gasteiger partial charge >= 0.3 is 0 Å². The number of allylic oxidation sites excluding steroid dienone is 2. The Morgan fingerprint density at radius 2 is 2.13 bits per heavy atom. The molecule has 0 aromatic rings. The van der Waals surface area contributed by atoms with Crippen LogP contribution in [0.5, 0.6) is 0 Å². The highest BCUT2D eigenvalue weighted by atomic mass is 16.1. The number of amides is 1. The van der Waals surface area contributed by atoms with Crippen molar-refractivity contribution in [1.29, 1.82) is 0 Å². The van der Waals surface area contributed by atoms with Crippen LogP contribution >= 0.6 is 0 Å². The summed E-state index contributed by atoms with van der Waals surface area (Å²) in [7, 11) is 0. The number of rotatable bonds is 2. The number of hydrogen-bond acceptors (Lipinski definition) is 2. The van der Waals surface area contributed by atoms with Gasteiger partial charge in [-0.05, 0) is 25.3 Å². The maximum absolute atomic E-state index is 11.9. The summed E-state index contributed by atoms with van der Waals surface area (Å²) < 4.78 is 0. The zero-order valence-corrected chi connectivity index (χ0v) is 8.83. The van der Waals surface area contributed by atoms with Crippen molar-refractivity contribution in [2.24, 2.45) is 5.73 Å². The second-order valence-electron chi connectivity index (χ2n) is 4.17. The first kappa shape index (κ1) is 10.3. The third-order valence-electron chi connectivity index (χ3n) is 3.00. The van der Waals surface area contributed by atoms with Crippen LogP contribution in [0, 0.1) is 6.42 Å². The van der Waals surface area contributed by atoms with Crippen molar-refractivity contribution in [3.05, 3.63) is 29.8 Å². The molecule has 81 valence electrons. The van der Waals surface area contributed by atoms with Gasteiger partial charge < -0.3 is 11.1 Å². The zero-order valence-electron chi connectivity index (χ0n) is 8.83. The first-order valence-corrected chi connectivity index (χ1v) is 5.58. The van der Waals surface area contributed by atoms with Crippen LogP contribution in [0.1, 0.15) is 32.1 Å². The van der Waals surface area contributed by atoms with Gasteiger partial charge in [-0.3, -0.25) is 4.79 Å². The van der Waals surface area contributed by atoms with E-state index in [9.17, 15) is 4.79 Å². The largest absolute Gasteiger partial charge is 0.398 e. The fourth-order valence-electron chi connectivity index (χ4n) is 2.15. The maximum Gasteiger partial charge on any atom is 0.249 e. The van der Waals surface area contributed by atoms with E-state index in [0.717, 1.165) is 19.3 Å². The van der Waals surface area contributed by atoms with Crippen LogP contribution in [0.25, 0.3) is 0 Å². The van der Waals surface area contributed by atoms with Gasteiger partial charge in [0.1, 0.15) is 0 Å². The van der Waals surface area contributed by atoms with Crippen LogP contribution in [0.15, 0.2) is 23.4 Å². The van der Waals surface area contributed by atoms with Gasteiger partial charge in [-0.15, -0.1) is 0 Å². The average molecular weight is 205 g/mol. The molecule has 0 heterocycles. The lowest BCUT2D eigenvalue weighted by Gasteiger charge is -2.16. The van der Waals surface area contributed by atoms with E-state index < -0.39 is 0 Å². The Kier molecular flexibility index (Phi) is 3.09. The third kappa shape index (κ3) is 2.41. The van der Waals surface area contributed by atoms with E-state index >= 15 is 0 Å². The standard InChI is InChI=1S/C12H17N2O/c13-11-8-4-3-7-10(11)12(15)14-9-5-1-2-6-9/h4,7-9H,1-3,5-6,13H2,(H,14,15). The van der Waals surface area contributed by atoms with Gasteiger partial charge in [-0.25, -0.2) is 0 Å². The van der Waals surface area contributed by atoms with Crippen LogP contribution in [-0.2, 0) is 4.79 Å². The quantitative estimate of drug-likeness (QED) is 0.716. The molecule has 1 saturated carbocycles. The number of hydrogen-bond donors (Lipinski definition) is 2. The number of carbonyl (C=O) groups is 1. The number of nitrogens with one attached hydrogen (secondary N) is 1. The normalized spacial score (nSPS) is 22.1. The second-order valence-corrected chi connectivity index (χ2v) is 4.17. The van der Waals surface area contributed by atoms with Gasteiger partial charge in [0.15, 0.2) is 0 Å². The molecule has 3 N–H and O–H groups in total. The van der Waals surface area contributed by atoms with Crippen molar-refractivity contribution in [2.75, 3.05) is 0 Å². The summed E-state index contributed by atoms with van der Waals surface area (Å²) in [5, 5.41) is 3.04. The highest BCUT2D eigenvalue weighted by molar-refractivity contribution is 5.97. The van der Waals surface area contributed by atoms with Crippen LogP contribution < -0.4 is 11.1 Å². The Bertz CT molecular complexity index is 312. The predicted molar refractivity (Wildman–Crippen MR) is 59.7 cm³/mol. The minimum atomic E-state index is -0.0104. The highest BCUT2D eigenvalue weighted by Crippen LogP contribution is 2.20. The third-order valence-corrected chi connectivity index (χ3v) is 3.00. The predicted octanol–water partition coefficient (Wildman–Crippen LogP) is 1.42. The van der Waals surface area contributed by atoms with E-state index in [4.69, 9.17) is 5.73 Å². The minimum absolute atomic E-state index is 0.0104. The molecule has 1 fully saturated rings. The fourth-order valence-corrected chi connectivity index (χ4v) is 2.15. The molecular formula is C12H17N2O. The smallest absolute Gasteiger partial charge is 0.249 e. The van der Waals surface area contributed by atoms with E-state index in [2.05, 4.69) is 5.32 Å². The molecule has 1 amide bonds. The summed E-state index contributed by atoms with van der Waals surface area (Å²) in [4.78, 5) is 11.9. The molecule has 0 bridgehead atoms. The van der Waals surface area contributed by atoms with Crippen LogP contribution in [0.2, 0.25) is 0 Å². The van der Waals surface area contributed by atoms with Crippen LogP contribution in [0.3, 0.4) is 0 Å². The van der Waals surface area contributed by atoms with E-state index in [-0.39, 0.29) is 5.91 Å². The van der Waals surface area contributed by atoms with Gasteiger partial charge in [0.25, 0.3) is 0 Å². The lowest BCUT2D eigenvalue weighted by atomic mass is 10.0. The first-order chi connectivity index (χ1) is 7.27. The Balaban J connectivity index is 1.97. The summed E-state index contributed by atoms with van der Waals surface area (Å²) in [6.45, 7) is 0. The summed E-state index contributed by atoms with van der Waals surface area (Å²) in [5.74, 6) is -0.0104. The molecule has 3 nitrogen and oxygen atoms in total. The molecule has 0 unspecified atom stereocenters. The molecule has 3 heteroatoms. The minimum Gasteiger partial charge on any atom is -0.398 e. The van der Waals surface area contributed by atoms with Crippen molar-refractivity contribution < 1.29 is 4.79 Å². The highest BCUT2D eigenvalue weighted by Gasteiger charge is 2.20. The lowest BCUT2D eigenvalue weighted by molar-refractivity contribution is -0.118. The molecule has 1 radical (unpaired) electrons. The lowest BCUT2D eigenvalue weighted by Crippen LogP contribution is -2.35. The van der Waals surface area contributed by atoms with E-state index in [1.165, 1.54) is 12.8 Å². The summed E-state index contributed by atoms with van der Waals surface area (Å²) in [6.07, 6.45) is 11.1. The molecule has 0 aromatic carbocycles. The van der Waals surface area contributed by atoms with E-state index in [1.54, 1.807) is 0 Å². The van der Waals surface area contributed by atoms with Crippen molar-refractivity contribution in [1.82, 2.24) is 5.32 Å². The fraction of sp³-hybridized carbons (Fsp3) is 0.500. The van der Waals surface area contributed by atoms with Gasteiger partial charge in [0.2, 0.25) is 5.91 Å². The van der Waals surface area contributed by atoms with Gasteiger partial charge in [-0.2, -0.15) is 0 Å². The van der Waals surface area contributed by atoms with Gasteiger partial charge in [0, 0.05) is 23.7 Å². The second kappa shape index (κ2) is 4.51. The molecule has 0 aromatic heterocycles. The molecule has 0 saturated heterocycles. The van der Waals surface area contributed by atoms with Gasteiger partial charge in [-0.1, -0.05) is 18.9 Å². The van der Waals surface area contributed by atoms with E-state index in [1.807, 2.05) is 18.6 Å². The molecular weight excluding hydrogens is 188 g/mol. The summed E-state index contributed by atoms with van der Waals surface area (Å²) in [6, 6.07) is 0.358. The summed E-state index contributed by atoms with van der Waals surface area (Å²) in [5.41, 5.74) is 6.98. The molecule has 2 aliphatic rings. The van der Waals surface area contributed by atoms with E-state index in [0.29, 0.717) is 17.3 Å². The maximum atomic E-state index is 11.9. The Labute approximate surface area is 90.4 Å². The van der Waals surface area contributed by atoms with Crippen molar-refractivity contribution in [3.8, 4) is 0 Å². The van der Waals surface area contributed by atoms with Crippen LogP contribution in [-0.4, -0.2) is 11.9 Å². The molecule has 0 aliphatic heterocycles. The Morgan fingerprint density at radius 1 is 1.40 bits per heavy atom. The number of carbonyl (C=O) groups excluding carboxylic acids is 1. The number of nitrogens with two attached hydrogens (primary N) is 1. The molecule has 15 heavy (non-hydrogen) atoms. The van der Waals surface area contributed by atoms with Crippen molar-refractivity contribution in [3.63, 3.8) is 0 Å². The molecule has 0 atom stereocenters. The molecule has 2 aliphatic carbocycles. The average Bonchev–Trinajstić information content (AvgIpc) is 2.71. The first-order valence-electron chi connectivity index (χ1n) is 5.58. The monoisotopic (exact) mass is 205 g/mol. The Morgan fingerprint density at radius 3 is 2.80 bits per heavy atom. The SMILES string of the molecule is NC1=C(C(=O)NC2CCCC2)[CH]CC=C1. The summed E-state index contributed by atoms with van der Waals surface area (Å²) >= 11 is 0.